The number of amides is 2. The van der Waals surface area contributed by atoms with E-state index in [1.54, 1.807) is 36.4 Å². The van der Waals surface area contributed by atoms with E-state index in [2.05, 4.69) is 21.8 Å². The second-order valence-corrected chi connectivity index (χ2v) is 6.64. The zero-order valence-corrected chi connectivity index (χ0v) is 18.6. The van der Waals surface area contributed by atoms with Crippen molar-refractivity contribution >= 4 is 35.3 Å². The number of rotatable bonds is 11. The van der Waals surface area contributed by atoms with Gasteiger partial charge < -0.3 is 19.5 Å². The van der Waals surface area contributed by atoms with E-state index in [9.17, 15) is 9.59 Å². The zero-order valence-electron chi connectivity index (χ0n) is 17.8. The smallest absolute Gasteiger partial charge is 0.249 e. The fourth-order valence-corrected chi connectivity index (χ4v) is 2.82. The van der Waals surface area contributed by atoms with E-state index in [1.165, 1.54) is 6.21 Å². The van der Waals surface area contributed by atoms with Crippen LogP contribution in [0.15, 0.2) is 41.5 Å². The lowest BCUT2D eigenvalue weighted by atomic mass is 10.2. The minimum absolute atomic E-state index is 0.0437. The number of nitrogens with zero attached hydrogens (tertiary/aromatic N) is 1. The quantitative estimate of drug-likeness (QED) is 0.232. The van der Waals surface area contributed by atoms with Gasteiger partial charge in [-0.15, -0.1) is 6.42 Å². The highest BCUT2D eigenvalue weighted by Crippen LogP contribution is 2.36. The Morgan fingerprint density at radius 3 is 2.47 bits per heavy atom. The third-order valence-corrected chi connectivity index (χ3v) is 4.09. The third-order valence-electron chi connectivity index (χ3n) is 3.80. The van der Waals surface area contributed by atoms with Gasteiger partial charge in [0.25, 0.3) is 0 Å². The predicted molar refractivity (Wildman–Crippen MR) is 124 cm³/mol. The monoisotopic (exact) mass is 457 g/mol. The van der Waals surface area contributed by atoms with Gasteiger partial charge in [0.15, 0.2) is 11.5 Å². The highest BCUT2D eigenvalue weighted by molar-refractivity contribution is 6.32. The fourth-order valence-electron chi connectivity index (χ4n) is 2.55. The molecule has 0 saturated carbocycles. The molecule has 0 spiro atoms. The minimum atomic E-state index is -0.574. The molecule has 0 fully saturated rings. The van der Waals surface area contributed by atoms with Crippen LogP contribution in [0.2, 0.25) is 5.02 Å². The minimum Gasteiger partial charge on any atom is -0.494 e. The molecule has 0 aliphatic heterocycles. The van der Waals surface area contributed by atoms with Crippen LogP contribution in [0, 0.1) is 12.3 Å². The Hall–Kier alpha value is -3.70. The number of anilines is 1. The van der Waals surface area contributed by atoms with Crippen molar-refractivity contribution in [3.05, 3.63) is 47.0 Å². The normalized spacial score (nSPS) is 10.3. The van der Waals surface area contributed by atoms with Crippen molar-refractivity contribution in [2.45, 2.75) is 20.3 Å². The van der Waals surface area contributed by atoms with Gasteiger partial charge in [0.2, 0.25) is 11.8 Å². The van der Waals surface area contributed by atoms with E-state index in [1.807, 2.05) is 13.8 Å². The molecule has 0 radical (unpaired) electrons. The number of hydrogen-bond donors (Lipinski definition) is 2. The van der Waals surface area contributed by atoms with Gasteiger partial charge in [0, 0.05) is 5.69 Å². The van der Waals surface area contributed by atoms with E-state index in [0.29, 0.717) is 41.7 Å². The topological polar surface area (TPSA) is 98.2 Å². The van der Waals surface area contributed by atoms with E-state index in [0.717, 1.165) is 0 Å². The van der Waals surface area contributed by atoms with Crippen LogP contribution in [0.5, 0.6) is 17.2 Å². The lowest BCUT2D eigenvalue weighted by Gasteiger charge is -2.12. The number of nitrogens with one attached hydrogen (secondary N) is 2. The largest absolute Gasteiger partial charge is 0.494 e. The molecule has 0 heterocycles. The number of hydrazone groups is 1. The summed E-state index contributed by atoms with van der Waals surface area (Å²) in [4.78, 5) is 24.0. The van der Waals surface area contributed by atoms with Crippen LogP contribution >= 0.6 is 11.6 Å². The molecule has 2 aromatic carbocycles. The second kappa shape index (κ2) is 12.9. The number of carbonyl (C=O) groups excluding carboxylic acids is 2. The number of hydrogen-bond acceptors (Lipinski definition) is 6. The van der Waals surface area contributed by atoms with Crippen LogP contribution in [0.25, 0.3) is 0 Å². The molecule has 0 bridgehead atoms. The summed E-state index contributed by atoms with van der Waals surface area (Å²) in [7, 11) is 0. The second-order valence-electron chi connectivity index (χ2n) is 6.23. The molecule has 2 rings (SSSR count). The van der Waals surface area contributed by atoms with Gasteiger partial charge in [-0.1, -0.05) is 17.5 Å². The summed E-state index contributed by atoms with van der Waals surface area (Å²) >= 11 is 6.24. The Morgan fingerprint density at radius 1 is 1.09 bits per heavy atom. The van der Waals surface area contributed by atoms with Crippen LogP contribution in [0.1, 0.15) is 25.8 Å². The number of ether oxygens (including phenoxy) is 3. The first-order chi connectivity index (χ1) is 15.5. The van der Waals surface area contributed by atoms with Gasteiger partial charge >= 0.3 is 0 Å². The van der Waals surface area contributed by atoms with E-state index < -0.39 is 18.2 Å². The Balaban J connectivity index is 1.92. The van der Waals surface area contributed by atoms with Crippen molar-refractivity contribution < 1.29 is 23.8 Å². The maximum atomic E-state index is 12.0. The molecule has 0 aliphatic rings. The highest BCUT2D eigenvalue weighted by Gasteiger charge is 2.12. The molecule has 2 aromatic rings. The first-order valence-corrected chi connectivity index (χ1v) is 10.2. The summed E-state index contributed by atoms with van der Waals surface area (Å²) in [5.41, 5.74) is 3.42. The predicted octanol–water partition coefficient (Wildman–Crippen LogP) is 3.63. The van der Waals surface area contributed by atoms with Crippen molar-refractivity contribution in [1.82, 2.24) is 5.43 Å². The number of benzene rings is 2. The van der Waals surface area contributed by atoms with Gasteiger partial charge in [-0.05, 0) is 55.8 Å². The third kappa shape index (κ3) is 7.85. The first kappa shape index (κ1) is 24.6. The summed E-state index contributed by atoms with van der Waals surface area (Å²) < 4.78 is 16.3. The summed E-state index contributed by atoms with van der Waals surface area (Å²) in [6.07, 6.45) is 6.20. The van der Waals surface area contributed by atoms with Crippen LogP contribution in [0.4, 0.5) is 5.69 Å². The van der Waals surface area contributed by atoms with E-state index in [4.69, 9.17) is 32.2 Å². The average Bonchev–Trinajstić information content (AvgIpc) is 2.75. The van der Waals surface area contributed by atoms with E-state index >= 15 is 0 Å². The van der Waals surface area contributed by atoms with Gasteiger partial charge in [-0.2, -0.15) is 5.10 Å². The zero-order chi connectivity index (χ0) is 23.3. The Morgan fingerprint density at radius 2 is 1.81 bits per heavy atom. The van der Waals surface area contributed by atoms with Gasteiger partial charge in [0.05, 0.1) is 24.5 Å². The molecule has 9 heteroatoms. The molecule has 0 saturated heterocycles. The molecule has 0 aromatic heterocycles. The van der Waals surface area contributed by atoms with Crippen molar-refractivity contribution in [1.29, 1.82) is 0 Å². The molecule has 168 valence electrons. The summed E-state index contributed by atoms with van der Waals surface area (Å²) in [5, 5.41) is 6.78. The number of carbonyl (C=O) groups is 2. The maximum Gasteiger partial charge on any atom is 0.249 e. The standard InChI is InChI=1S/C23H24ClN3O5/c1-4-11-32-23-19(24)12-16(13-20(23)31-6-3)15-25-27-22(29)14-21(28)26-17-7-9-18(10-8-17)30-5-2/h1,7-10,12-13,15H,5-6,11,14H2,2-3H3,(H,26,28)(H,27,29). The molecule has 32 heavy (non-hydrogen) atoms. The van der Waals surface area contributed by atoms with Crippen molar-refractivity contribution in [3.63, 3.8) is 0 Å². The lowest BCUT2D eigenvalue weighted by molar-refractivity contribution is -0.126. The highest BCUT2D eigenvalue weighted by atomic mass is 35.5. The van der Waals surface area contributed by atoms with Crippen LogP contribution in [0.3, 0.4) is 0 Å². The lowest BCUT2D eigenvalue weighted by Crippen LogP contribution is -2.24. The summed E-state index contributed by atoms with van der Waals surface area (Å²) in [6, 6.07) is 10.1. The van der Waals surface area contributed by atoms with Crippen LogP contribution in [-0.4, -0.2) is 37.8 Å². The molecule has 8 nitrogen and oxygen atoms in total. The molecule has 2 N–H and O–H groups in total. The first-order valence-electron chi connectivity index (χ1n) is 9.84. The summed E-state index contributed by atoms with van der Waals surface area (Å²) in [6.45, 7) is 4.69. The SMILES string of the molecule is C#CCOc1c(Cl)cc(C=NNC(=O)CC(=O)Nc2ccc(OCC)cc2)cc1OCC. The van der Waals surface area contributed by atoms with Gasteiger partial charge in [0.1, 0.15) is 18.8 Å². The van der Waals surface area contributed by atoms with Crippen LogP contribution < -0.4 is 25.0 Å². The molecule has 0 aliphatic carbocycles. The Labute approximate surface area is 191 Å². The Kier molecular flexibility index (Phi) is 9.88. The Bertz CT molecular complexity index is 1000. The van der Waals surface area contributed by atoms with E-state index in [-0.39, 0.29) is 11.6 Å². The van der Waals surface area contributed by atoms with Crippen molar-refractivity contribution in [3.8, 4) is 29.6 Å². The molecular weight excluding hydrogens is 434 g/mol. The number of halogens is 1. The summed E-state index contributed by atoms with van der Waals surface area (Å²) in [5.74, 6) is 2.74. The molecule has 2 amide bonds. The molecular formula is C23H24ClN3O5. The maximum absolute atomic E-state index is 12.0. The van der Waals surface area contributed by atoms with Crippen LogP contribution in [-0.2, 0) is 9.59 Å². The number of terminal acetylenes is 1. The molecule has 0 unspecified atom stereocenters. The van der Waals surface area contributed by atoms with Gasteiger partial charge in [-0.25, -0.2) is 5.43 Å². The average molecular weight is 458 g/mol. The van der Waals surface area contributed by atoms with Crippen molar-refractivity contribution in [2.24, 2.45) is 5.10 Å². The fraction of sp³-hybridized carbons (Fsp3) is 0.261. The van der Waals surface area contributed by atoms with Crippen molar-refractivity contribution in [2.75, 3.05) is 25.1 Å². The molecule has 0 atom stereocenters. The van der Waals surface area contributed by atoms with Gasteiger partial charge in [-0.3, -0.25) is 9.59 Å².